The predicted molar refractivity (Wildman–Crippen MR) is 80.0 cm³/mol. The van der Waals surface area contributed by atoms with Crippen LogP contribution in [0.25, 0.3) is 0 Å². The zero-order chi connectivity index (χ0) is 14.6. The van der Waals surface area contributed by atoms with Crippen LogP contribution in [0.1, 0.15) is 52.4 Å². The van der Waals surface area contributed by atoms with Gasteiger partial charge in [-0.05, 0) is 25.7 Å². The monoisotopic (exact) mass is 292 g/mol. The van der Waals surface area contributed by atoms with Gasteiger partial charge >= 0.3 is 5.97 Å². The van der Waals surface area contributed by atoms with E-state index >= 15 is 0 Å². The normalized spacial score (nSPS) is 11.7. The Bertz CT molecular complexity index is 219. The van der Waals surface area contributed by atoms with Gasteiger partial charge < -0.3 is 14.6 Å². The molecule has 1 N–H and O–H groups in total. The Morgan fingerprint density at radius 1 is 1.00 bits per heavy atom. The van der Waals surface area contributed by atoms with Crippen LogP contribution in [0.2, 0.25) is 0 Å². The second-order valence-corrected chi connectivity index (χ2v) is 5.62. The van der Waals surface area contributed by atoms with E-state index in [1.54, 1.807) is 0 Å². The lowest BCUT2D eigenvalue weighted by Crippen LogP contribution is -2.35. The third-order valence-corrected chi connectivity index (χ3v) is 3.64. The number of ether oxygens (including phenoxy) is 2. The maximum Gasteiger partial charge on any atom is 0.319 e. The minimum absolute atomic E-state index is 0.409. The Hall–Kier alpha value is -0.260. The van der Waals surface area contributed by atoms with E-state index in [1.807, 2.05) is 0 Å². The van der Waals surface area contributed by atoms with Crippen LogP contribution in [-0.2, 0) is 14.3 Å². The molecule has 0 radical (unpaired) electrons. The van der Waals surface area contributed by atoms with Crippen LogP contribution in [0.5, 0.6) is 0 Å². The SMILES string of the molecule is CCCCOCCC(S)(CCOCCCC)C(=O)O. The molecule has 0 aliphatic carbocycles. The summed E-state index contributed by atoms with van der Waals surface area (Å²) in [5.74, 6) is -0.894. The van der Waals surface area contributed by atoms with Gasteiger partial charge in [0, 0.05) is 26.4 Å². The lowest BCUT2D eigenvalue weighted by atomic mass is 10.0. The largest absolute Gasteiger partial charge is 0.480 e. The van der Waals surface area contributed by atoms with E-state index in [1.165, 1.54) is 0 Å². The maximum atomic E-state index is 11.3. The Morgan fingerprint density at radius 2 is 1.42 bits per heavy atom. The number of hydrogen-bond donors (Lipinski definition) is 2. The van der Waals surface area contributed by atoms with Gasteiger partial charge in [-0.1, -0.05) is 26.7 Å². The van der Waals surface area contributed by atoms with E-state index in [9.17, 15) is 9.90 Å². The van der Waals surface area contributed by atoms with Crippen LogP contribution in [0.15, 0.2) is 0 Å². The minimum Gasteiger partial charge on any atom is -0.480 e. The summed E-state index contributed by atoms with van der Waals surface area (Å²) in [6.07, 6.45) is 4.99. The van der Waals surface area contributed by atoms with Gasteiger partial charge in [-0.25, -0.2) is 0 Å². The molecule has 114 valence electrons. The lowest BCUT2D eigenvalue weighted by Gasteiger charge is -2.23. The third kappa shape index (κ3) is 9.30. The number of unbranched alkanes of at least 4 members (excludes halogenated alkanes) is 2. The number of carbonyl (C=O) groups is 1. The molecule has 0 aliphatic heterocycles. The van der Waals surface area contributed by atoms with E-state index in [0.717, 1.165) is 25.7 Å². The summed E-state index contributed by atoms with van der Waals surface area (Å²) in [5, 5.41) is 9.25. The maximum absolute atomic E-state index is 11.3. The molecule has 0 spiro atoms. The number of carboxylic acid groups (broad SMARTS) is 1. The van der Waals surface area contributed by atoms with Crippen molar-refractivity contribution in [2.24, 2.45) is 0 Å². The van der Waals surface area contributed by atoms with Crippen LogP contribution < -0.4 is 0 Å². The second-order valence-electron chi connectivity index (χ2n) is 4.77. The van der Waals surface area contributed by atoms with Crippen LogP contribution in [0.3, 0.4) is 0 Å². The minimum atomic E-state index is -1.04. The average molecular weight is 292 g/mol. The quantitative estimate of drug-likeness (QED) is 0.404. The van der Waals surface area contributed by atoms with Gasteiger partial charge in [-0.3, -0.25) is 4.79 Å². The molecule has 4 nitrogen and oxygen atoms in total. The predicted octanol–water partition coefficient (Wildman–Crippen LogP) is 3.15. The Labute approximate surface area is 122 Å². The molecule has 0 saturated heterocycles. The molecule has 5 heteroatoms. The summed E-state index contributed by atoms with van der Waals surface area (Å²) in [5.41, 5.74) is 0. The van der Waals surface area contributed by atoms with E-state index in [4.69, 9.17) is 9.47 Å². The fourth-order valence-electron chi connectivity index (χ4n) is 1.52. The number of hydrogen-bond acceptors (Lipinski definition) is 4. The molecular formula is C14H28O4S. The second kappa shape index (κ2) is 11.6. The summed E-state index contributed by atoms with van der Waals surface area (Å²) in [6.45, 7) is 6.43. The summed E-state index contributed by atoms with van der Waals surface area (Å²) in [4.78, 5) is 11.3. The molecule has 0 aromatic rings. The highest BCUT2D eigenvalue weighted by Crippen LogP contribution is 2.24. The third-order valence-electron chi connectivity index (χ3n) is 3.00. The van der Waals surface area contributed by atoms with Crippen molar-refractivity contribution >= 4 is 18.6 Å². The summed E-state index contributed by atoms with van der Waals surface area (Å²) >= 11 is 4.30. The number of aliphatic carboxylic acids is 1. The first-order valence-corrected chi connectivity index (χ1v) is 7.62. The fourth-order valence-corrected chi connectivity index (χ4v) is 1.70. The van der Waals surface area contributed by atoms with Gasteiger partial charge in [-0.15, -0.1) is 0 Å². The van der Waals surface area contributed by atoms with Gasteiger partial charge in [-0.2, -0.15) is 12.6 Å². The molecule has 0 unspecified atom stereocenters. The molecule has 0 heterocycles. The topological polar surface area (TPSA) is 55.8 Å². The Kier molecular flexibility index (Phi) is 11.4. The van der Waals surface area contributed by atoms with Crippen LogP contribution in [0, 0.1) is 0 Å². The van der Waals surface area contributed by atoms with E-state index < -0.39 is 10.7 Å². The van der Waals surface area contributed by atoms with Crippen LogP contribution in [0.4, 0.5) is 0 Å². The highest BCUT2D eigenvalue weighted by molar-refractivity contribution is 7.82. The van der Waals surface area contributed by atoms with Crippen molar-refractivity contribution in [2.45, 2.75) is 57.1 Å². The summed E-state index contributed by atoms with van der Waals surface area (Å²) < 4.78 is 9.78. The van der Waals surface area contributed by atoms with E-state index in [2.05, 4.69) is 26.5 Å². The molecule has 0 fully saturated rings. The zero-order valence-electron chi connectivity index (χ0n) is 12.2. The van der Waals surface area contributed by atoms with Gasteiger partial charge in [0.1, 0.15) is 4.75 Å². The van der Waals surface area contributed by atoms with E-state index in [-0.39, 0.29) is 0 Å². The molecule has 0 rings (SSSR count). The molecule has 0 amide bonds. The number of carboxylic acids is 1. The molecule has 0 aliphatic rings. The molecule has 0 bridgehead atoms. The van der Waals surface area contributed by atoms with Crippen LogP contribution >= 0.6 is 12.6 Å². The van der Waals surface area contributed by atoms with Crippen molar-refractivity contribution in [1.29, 1.82) is 0 Å². The lowest BCUT2D eigenvalue weighted by molar-refractivity contribution is -0.141. The Morgan fingerprint density at radius 3 is 1.74 bits per heavy atom. The summed E-state index contributed by atoms with van der Waals surface area (Å²) in [6, 6.07) is 0. The Balaban J connectivity index is 3.88. The first-order valence-electron chi connectivity index (χ1n) is 7.18. The molecule has 0 saturated carbocycles. The van der Waals surface area contributed by atoms with Crippen molar-refractivity contribution in [3.8, 4) is 0 Å². The summed E-state index contributed by atoms with van der Waals surface area (Å²) in [7, 11) is 0. The van der Waals surface area contributed by atoms with Crippen molar-refractivity contribution in [3.63, 3.8) is 0 Å². The van der Waals surface area contributed by atoms with Gasteiger partial charge in [0.05, 0.1) is 0 Å². The number of rotatable bonds is 13. The zero-order valence-corrected chi connectivity index (χ0v) is 13.1. The van der Waals surface area contributed by atoms with E-state index in [0.29, 0.717) is 39.3 Å². The van der Waals surface area contributed by atoms with Crippen molar-refractivity contribution in [3.05, 3.63) is 0 Å². The highest BCUT2D eigenvalue weighted by Gasteiger charge is 2.33. The molecule has 0 atom stereocenters. The standard InChI is InChI=1S/C14H28O4S/c1-3-5-9-17-11-7-14(19,13(15)16)8-12-18-10-6-4-2/h19H,3-12H2,1-2H3,(H,15,16). The molecule has 19 heavy (non-hydrogen) atoms. The van der Waals surface area contributed by atoms with Gasteiger partial charge in [0.2, 0.25) is 0 Å². The molecule has 0 aromatic heterocycles. The van der Waals surface area contributed by atoms with Crippen LogP contribution in [-0.4, -0.2) is 42.3 Å². The van der Waals surface area contributed by atoms with Gasteiger partial charge in [0.25, 0.3) is 0 Å². The van der Waals surface area contributed by atoms with Crippen molar-refractivity contribution in [1.82, 2.24) is 0 Å². The first kappa shape index (κ1) is 18.7. The fraction of sp³-hybridized carbons (Fsp3) is 0.929. The van der Waals surface area contributed by atoms with Gasteiger partial charge in [0.15, 0.2) is 0 Å². The smallest absolute Gasteiger partial charge is 0.319 e. The first-order chi connectivity index (χ1) is 9.06. The highest BCUT2D eigenvalue weighted by atomic mass is 32.1. The molecule has 0 aromatic carbocycles. The van der Waals surface area contributed by atoms with Crippen molar-refractivity contribution < 1.29 is 19.4 Å². The number of thiol groups is 1. The average Bonchev–Trinajstić information content (AvgIpc) is 2.38. The molecular weight excluding hydrogens is 264 g/mol. The van der Waals surface area contributed by atoms with Crippen molar-refractivity contribution in [2.75, 3.05) is 26.4 Å².